The van der Waals surface area contributed by atoms with Gasteiger partial charge in [-0.1, -0.05) is 42.0 Å². The second kappa shape index (κ2) is 10.1. The van der Waals surface area contributed by atoms with Crippen molar-refractivity contribution in [2.75, 3.05) is 5.01 Å². The zero-order chi connectivity index (χ0) is 23.8. The van der Waals surface area contributed by atoms with Crippen LogP contribution < -0.4 is 5.01 Å². The van der Waals surface area contributed by atoms with Gasteiger partial charge in [-0.2, -0.15) is 5.10 Å². The number of hydrogen-bond acceptors (Lipinski definition) is 6. The Morgan fingerprint density at radius 3 is 2.60 bits per heavy atom. The molecule has 9 heteroatoms. The molecule has 1 atom stereocenters. The summed E-state index contributed by atoms with van der Waals surface area (Å²) in [6.07, 6.45) is 0.519. The van der Waals surface area contributed by atoms with Crippen molar-refractivity contribution in [3.05, 3.63) is 110 Å². The first-order valence-electron chi connectivity index (χ1n) is 10.8. The van der Waals surface area contributed by atoms with Crippen molar-refractivity contribution in [2.24, 2.45) is 5.10 Å². The van der Waals surface area contributed by atoms with Crippen LogP contribution in [0.2, 0.25) is 0 Å². The van der Waals surface area contributed by atoms with Crippen LogP contribution in [0.3, 0.4) is 0 Å². The number of nitro groups is 1. The van der Waals surface area contributed by atoms with Crippen molar-refractivity contribution in [3.63, 3.8) is 0 Å². The fourth-order valence-electron chi connectivity index (χ4n) is 4.11. The Balaban J connectivity index is 0.00000289. The molecule has 0 saturated carbocycles. The molecule has 1 unspecified atom stereocenters. The van der Waals surface area contributed by atoms with Crippen molar-refractivity contribution in [2.45, 2.75) is 26.3 Å². The number of hydrogen-bond donors (Lipinski definition) is 0. The number of thiazole rings is 1. The maximum absolute atomic E-state index is 13.6. The van der Waals surface area contributed by atoms with Gasteiger partial charge in [0.15, 0.2) is 0 Å². The van der Waals surface area contributed by atoms with Crippen LogP contribution in [0.5, 0.6) is 0 Å². The largest absolute Gasteiger partial charge is 0.270 e. The minimum absolute atomic E-state index is 0. The van der Waals surface area contributed by atoms with Crippen LogP contribution >= 0.6 is 28.3 Å². The van der Waals surface area contributed by atoms with Crippen molar-refractivity contribution in [1.29, 1.82) is 0 Å². The lowest BCUT2D eigenvalue weighted by atomic mass is 9.98. The molecular formula is C26H22BrFN4O2S. The number of non-ortho nitro benzene ring substituents is 1. The number of rotatable bonds is 5. The van der Waals surface area contributed by atoms with E-state index in [1.165, 1.54) is 35.6 Å². The zero-order valence-electron chi connectivity index (χ0n) is 19.0. The average Bonchev–Trinajstić information content (AvgIpc) is 3.49. The predicted octanol–water partition coefficient (Wildman–Crippen LogP) is 7.41. The average molecular weight is 553 g/mol. The number of aryl methyl sites for hydroxylation is 2. The van der Waals surface area contributed by atoms with Gasteiger partial charge in [-0.15, -0.1) is 28.3 Å². The first-order valence-corrected chi connectivity index (χ1v) is 11.7. The van der Waals surface area contributed by atoms with Gasteiger partial charge < -0.3 is 0 Å². The summed E-state index contributed by atoms with van der Waals surface area (Å²) in [6, 6.07) is 18.9. The summed E-state index contributed by atoms with van der Waals surface area (Å²) in [5.74, 6) is -0.306. The number of benzene rings is 3. The molecule has 2 heterocycles. The Morgan fingerprint density at radius 2 is 1.86 bits per heavy atom. The van der Waals surface area contributed by atoms with Crippen LogP contribution in [0.25, 0.3) is 11.3 Å². The van der Waals surface area contributed by atoms with Gasteiger partial charge in [-0.05, 0) is 43.2 Å². The lowest BCUT2D eigenvalue weighted by molar-refractivity contribution is -0.384. The molecule has 1 aliphatic heterocycles. The molecule has 0 spiro atoms. The van der Waals surface area contributed by atoms with E-state index >= 15 is 0 Å². The molecule has 0 fully saturated rings. The highest BCUT2D eigenvalue weighted by Gasteiger charge is 2.32. The zero-order valence-corrected chi connectivity index (χ0v) is 21.5. The molecule has 0 N–H and O–H groups in total. The van der Waals surface area contributed by atoms with Gasteiger partial charge in [-0.3, -0.25) is 10.1 Å². The molecule has 0 radical (unpaired) electrons. The van der Waals surface area contributed by atoms with Crippen molar-refractivity contribution >= 4 is 44.8 Å². The van der Waals surface area contributed by atoms with E-state index < -0.39 is 4.92 Å². The molecular weight excluding hydrogens is 531 g/mol. The molecule has 5 rings (SSSR count). The third-order valence-electron chi connectivity index (χ3n) is 5.91. The van der Waals surface area contributed by atoms with E-state index in [2.05, 4.69) is 32.0 Å². The topological polar surface area (TPSA) is 71.6 Å². The lowest BCUT2D eigenvalue weighted by Gasteiger charge is -2.21. The highest BCUT2D eigenvalue weighted by molar-refractivity contribution is 8.93. The van der Waals surface area contributed by atoms with Gasteiger partial charge in [0.25, 0.3) is 5.69 Å². The van der Waals surface area contributed by atoms with Gasteiger partial charge in [0.2, 0.25) is 5.13 Å². The van der Waals surface area contributed by atoms with Crippen LogP contribution in [-0.4, -0.2) is 15.6 Å². The Kier molecular flexibility index (Phi) is 7.09. The summed E-state index contributed by atoms with van der Waals surface area (Å²) in [6.45, 7) is 4.11. The first kappa shape index (κ1) is 24.7. The first-order chi connectivity index (χ1) is 16.4. The smallest absolute Gasteiger partial charge is 0.258 e. The molecule has 0 saturated heterocycles. The summed E-state index contributed by atoms with van der Waals surface area (Å²) in [5, 5.41) is 20.7. The van der Waals surface area contributed by atoms with E-state index in [-0.39, 0.29) is 34.5 Å². The summed E-state index contributed by atoms with van der Waals surface area (Å²) >= 11 is 1.49. The number of anilines is 1. The fourth-order valence-corrected chi connectivity index (χ4v) is 4.93. The third-order valence-corrected chi connectivity index (χ3v) is 6.74. The van der Waals surface area contributed by atoms with Crippen LogP contribution in [0.4, 0.5) is 15.2 Å². The van der Waals surface area contributed by atoms with Gasteiger partial charge in [0.1, 0.15) is 5.82 Å². The van der Waals surface area contributed by atoms with Gasteiger partial charge in [0.05, 0.1) is 22.4 Å². The Labute approximate surface area is 216 Å². The molecule has 4 aromatic rings. The highest BCUT2D eigenvalue weighted by atomic mass is 79.9. The molecule has 0 amide bonds. The second-order valence-electron chi connectivity index (χ2n) is 8.30. The number of halogens is 2. The molecule has 178 valence electrons. The Hall–Kier alpha value is -3.43. The maximum Gasteiger partial charge on any atom is 0.270 e. The monoisotopic (exact) mass is 552 g/mol. The van der Waals surface area contributed by atoms with E-state index in [1.807, 2.05) is 16.5 Å². The number of nitro benzene ring substituents is 1. The Bertz CT molecular complexity index is 1420. The molecule has 1 aliphatic rings. The standard InChI is InChI=1S/C26H21FN4O2S.BrH/c1-16-6-7-17(2)22(12-16)24-15-34-26(28-24)30-25(18-8-10-20(27)11-9-18)14-23(29-30)19-4-3-5-21(13-19)31(32)33;/h3-13,15,25H,14H2,1-2H3;1H. The van der Waals surface area contributed by atoms with Gasteiger partial charge >= 0.3 is 0 Å². The minimum Gasteiger partial charge on any atom is -0.258 e. The van der Waals surface area contributed by atoms with E-state index in [1.54, 1.807) is 18.2 Å². The fraction of sp³-hybridized carbons (Fsp3) is 0.154. The van der Waals surface area contributed by atoms with E-state index in [0.717, 1.165) is 33.7 Å². The minimum atomic E-state index is -0.411. The van der Waals surface area contributed by atoms with Crippen molar-refractivity contribution in [3.8, 4) is 11.3 Å². The quantitative estimate of drug-likeness (QED) is 0.191. The summed E-state index contributed by atoms with van der Waals surface area (Å²) < 4.78 is 13.6. The molecule has 6 nitrogen and oxygen atoms in total. The Morgan fingerprint density at radius 1 is 1.09 bits per heavy atom. The number of aromatic nitrogens is 1. The summed E-state index contributed by atoms with van der Waals surface area (Å²) in [7, 11) is 0. The van der Waals surface area contributed by atoms with Crippen molar-refractivity contribution in [1.82, 2.24) is 4.98 Å². The van der Waals surface area contributed by atoms with E-state index in [4.69, 9.17) is 10.1 Å². The molecule has 0 aliphatic carbocycles. The number of nitrogens with zero attached hydrogens (tertiary/aromatic N) is 4. The molecule has 35 heavy (non-hydrogen) atoms. The van der Waals surface area contributed by atoms with Crippen LogP contribution in [-0.2, 0) is 0 Å². The third kappa shape index (κ3) is 5.01. The highest BCUT2D eigenvalue weighted by Crippen LogP contribution is 2.40. The maximum atomic E-state index is 13.6. The molecule has 0 bridgehead atoms. The summed E-state index contributed by atoms with van der Waals surface area (Å²) in [5.41, 5.74) is 6.57. The number of hydrazone groups is 1. The van der Waals surface area contributed by atoms with E-state index in [0.29, 0.717) is 17.1 Å². The lowest BCUT2D eigenvalue weighted by Crippen LogP contribution is -2.18. The molecule has 1 aromatic heterocycles. The van der Waals surface area contributed by atoms with E-state index in [9.17, 15) is 14.5 Å². The normalized spacial score (nSPS) is 15.0. The second-order valence-corrected chi connectivity index (χ2v) is 9.14. The SMILES string of the molecule is Br.Cc1ccc(C)c(-c2csc(N3N=C(c4cccc([N+](=O)[O-])c4)CC3c3ccc(F)cc3)n2)c1. The van der Waals surface area contributed by atoms with Crippen LogP contribution in [0.15, 0.2) is 77.2 Å². The van der Waals surface area contributed by atoms with Gasteiger partial charge in [0, 0.05) is 35.1 Å². The van der Waals surface area contributed by atoms with Crippen molar-refractivity contribution < 1.29 is 9.31 Å². The van der Waals surface area contributed by atoms with Crippen LogP contribution in [0, 0.1) is 29.8 Å². The molecule has 3 aromatic carbocycles. The van der Waals surface area contributed by atoms with Gasteiger partial charge in [-0.25, -0.2) is 14.4 Å². The van der Waals surface area contributed by atoms with Crippen LogP contribution in [0.1, 0.15) is 34.7 Å². The predicted molar refractivity (Wildman–Crippen MR) is 143 cm³/mol. The summed E-state index contributed by atoms with van der Waals surface area (Å²) in [4.78, 5) is 15.7.